The van der Waals surface area contributed by atoms with Gasteiger partial charge in [0.2, 0.25) is 5.91 Å². The van der Waals surface area contributed by atoms with E-state index in [2.05, 4.69) is 10.3 Å². The van der Waals surface area contributed by atoms with Crippen LogP contribution >= 0.6 is 0 Å². The van der Waals surface area contributed by atoms with Gasteiger partial charge in [0.05, 0.1) is 0 Å². The largest absolute Gasteiger partial charge is 0.358 e. The molecule has 2 N–H and O–H groups in total. The highest BCUT2D eigenvalue weighted by Crippen LogP contribution is 2.29. The highest BCUT2D eigenvalue weighted by molar-refractivity contribution is 5.99. The van der Waals surface area contributed by atoms with Crippen LogP contribution in [-0.4, -0.2) is 41.3 Å². The number of nitrogens with one attached hydrogen (secondary N) is 2. The number of hydrogen-bond acceptors (Lipinski definition) is 2. The number of nitrogens with zero attached hydrogens (tertiary/aromatic N) is 1. The quantitative estimate of drug-likeness (QED) is 0.887. The van der Waals surface area contributed by atoms with Crippen molar-refractivity contribution in [1.29, 1.82) is 0 Å². The number of carbonyl (C=O) groups is 2. The molecule has 138 valence electrons. The smallest absolute Gasteiger partial charge is 0.251 e. The summed E-state index contributed by atoms with van der Waals surface area (Å²) < 4.78 is 0. The summed E-state index contributed by atoms with van der Waals surface area (Å²) in [5.74, 6) is 0.164. The molecule has 1 aromatic heterocycles. The summed E-state index contributed by atoms with van der Waals surface area (Å²) in [5, 5.41) is 4.17. The summed E-state index contributed by atoms with van der Waals surface area (Å²) in [4.78, 5) is 30.0. The second kappa shape index (κ2) is 7.52. The Balaban J connectivity index is 1.40. The van der Waals surface area contributed by atoms with Crippen LogP contribution in [0.15, 0.2) is 18.2 Å². The van der Waals surface area contributed by atoms with Crippen LogP contribution < -0.4 is 5.32 Å². The van der Waals surface area contributed by atoms with Gasteiger partial charge in [-0.2, -0.15) is 0 Å². The molecular formula is C21H27N3O2. The highest BCUT2D eigenvalue weighted by Gasteiger charge is 2.18. The molecule has 1 aliphatic heterocycles. The van der Waals surface area contributed by atoms with E-state index < -0.39 is 0 Å². The van der Waals surface area contributed by atoms with Crippen LogP contribution in [0.3, 0.4) is 0 Å². The van der Waals surface area contributed by atoms with E-state index in [4.69, 9.17) is 0 Å². The van der Waals surface area contributed by atoms with Crippen molar-refractivity contribution in [3.63, 3.8) is 0 Å². The van der Waals surface area contributed by atoms with Gasteiger partial charge in [-0.15, -0.1) is 0 Å². The molecule has 4 rings (SSSR count). The predicted octanol–water partition coefficient (Wildman–Crippen LogP) is 3.18. The Morgan fingerprint density at radius 3 is 2.85 bits per heavy atom. The second-order valence-electron chi connectivity index (χ2n) is 7.50. The van der Waals surface area contributed by atoms with Gasteiger partial charge in [-0.25, -0.2) is 0 Å². The minimum absolute atomic E-state index is 0.0556. The number of rotatable bonds is 4. The molecule has 0 spiro atoms. The van der Waals surface area contributed by atoms with Crippen molar-refractivity contribution in [2.75, 3.05) is 19.6 Å². The van der Waals surface area contributed by atoms with Crippen LogP contribution in [0, 0.1) is 0 Å². The molecule has 1 fully saturated rings. The molecule has 0 unspecified atom stereocenters. The first kappa shape index (κ1) is 17.1. The molecule has 5 nitrogen and oxygen atoms in total. The first-order chi connectivity index (χ1) is 12.7. The van der Waals surface area contributed by atoms with E-state index in [0.717, 1.165) is 44.2 Å². The molecule has 1 saturated heterocycles. The Morgan fingerprint density at radius 2 is 1.92 bits per heavy atom. The van der Waals surface area contributed by atoms with Gasteiger partial charge in [-0.3, -0.25) is 9.59 Å². The van der Waals surface area contributed by atoms with Gasteiger partial charge in [0.15, 0.2) is 0 Å². The van der Waals surface area contributed by atoms with Crippen molar-refractivity contribution in [3.05, 3.63) is 35.0 Å². The lowest BCUT2D eigenvalue weighted by molar-refractivity contribution is -0.130. The molecular weight excluding hydrogens is 326 g/mol. The van der Waals surface area contributed by atoms with Gasteiger partial charge in [0.25, 0.3) is 5.91 Å². The summed E-state index contributed by atoms with van der Waals surface area (Å²) >= 11 is 0. The third-order valence-electron chi connectivity index (χ3n) is 5.70. The SMILES string of the molecule is O=C(NCCN1CCCCCC1=O)c1ccc2[nH]c3c(c2c1)CCCC3. The fourth-order valence-electron chi connectivity index (χ4n) is 4.23. The first-order valence-electron chi connectivity index (χ1n) is 9.92. The Kier molecular flexibility index (Phi) is 4.96. The summed E-state index contributed by atoms with van der Waals surface area (Å²) in [6, 6.07) is 5.92. The zero-order chi connectivity index (χ0) is 17.9. The van der Waals surface area contributed by atoms with E-state index in [1.807, 2.05) is 23.1 Å². The topological polar surface area (TPSA) is 65.2 Å². The zero-order valence-electron chi connectivity index (χ0n) is 15.3. The number of likely N-dealkylation sites (tertiary alicyclic amines) is 1. The maximum absolute atomic E-state index is 12.5. The molecule has 1 aliphatic carbocycles. The van der Waals surface area contributed by atoms with Gasteiger partial charge >= 0.3 is 0 Å². The molecule has 0 atom stereocenters. The van der Waals surface area contributed by atoms with Crippen LogP contribution in [0.5, 0.6) is 0 Å². The number of hydrogen-bond donors (Lipinski definition) is 2. The van der Waals surface area contributed by atoms with E-state index in [9.17, 15) is 9.59 Å². The number of fused-ring (bicyclic) bond motifs is 3. The second-order valence-corrected chi connectivity index (χ2v) is 7.50. The fraction of sp³-hybridized carbons (Fsp3) is 0.524. The molecule has 1 aromatic carbocycles. The Bertz CT molecular complexity index is 824. The monoisotopic (exact) mass is 353 g/mol. The molecule has 26 heavy (non-hydrogen) atoms. The number of amides is 2. The Hall–Kier alpha value is -2.30. The third-order valence-corrected chi connectivity index (χ3v) is 5.70. The summed E-state index contributed by atoms with van der Waals surface area (Å²) in [6.07, 6.45) is 8.48. The average Bonchev–Trinajstić information content (AvgIpc) is 2.91. The number of aryl methyl sites for hydroxylation is 2. The number of aromatic amines is 1. The summed E-state index contributed by atoms with van der Waals surface area (Å²) in [6.45, 7) is 1.93. The zero-order valence-corrected chi connectivity index (χ0v) is 15.3. The summed E-state index contributed by atoms with van der Waals surface area (Å²) in [5.41, 5.74) is 4.55. The maximum atomic E-state index is 12.5. The van der Waals surface area contributed by atoms with Crippen molar-refractivity contribution in [3.8, 4) is 0 Å². The van der Waals surface area contributed by atoms with Crippen LogP contribution in [0.4, 0.5) is 0 Å². The predicted molar refractivity (Wildman–Crippen MR) is 102 cm³/mol. The van der Waals surface area contributed by atoms with Gasteiger partial charge in [0.1, 0.15) is 0 Å². The van der Waals surface area contributed by atoms with E-state index in [-0.39, 0.29) is 11.8 Å². The lowest BCUT2D eigenvalue weighted by Gasteiger charge is -2.20. The van der Waals surface area contributed by atoms with Crippen molar-refractivity contribution in [1.82, 2.24) is 15.2 Å². The Morgan fingerprint density at radius 1 is 1.08 bits per heavy atom. The molecule has 2 aromatic rings. The lowest BCUT2D eigenvalue weighted by Crippen LogP contribution is -2.38. The number of H-pyrrole nitrogens is 1. The standard InChI is InChI=1S/C21H27N3O2/c25-20-8-2-1-5-12-24(20)13-11-22-21(26)15-9-10-19-17(14-15)16-6-3-4-7-18(16)23-19/h9-10,14,23H,1-8,11-13H2,(H,22,26). The molecule has 2 heterocycles. The van der Waals surface area contributed by atoms with Crippen LogP contribution in [-0.2, 0) is 17.6 Å². The van der Waals surface area contributed by atoms with Crippen LogP contribution in [0.1, 0.15) is 60.1 Å². The number of carbonyl (C=O) groups excluding carboxylic acids is 2. The molecule has 2 amide bonds. The van der Waals surface area contributed by atoms with E-state index >= 15 is 0 Å². The van der Waals surface area contributed by atoms with Crippen molar-refractivity contribution in [2.45, 2.75) is 51.4 Å². The van der Waals surface area contributed by atoms with Crippen LogP contribution in [0.25, 0.3) is 10.9 Å². The third kappa shape index (κ3) is 3.48. The molecule has 0 radical (unpaired) electrons. The van der Waals surface area contributed by atoms with E-state index in [1.165, 1.54) is 29.5 Å². The van der Waals surface area contributed by atoms with Gasteiger partial charge in [0, 0.05) is 48.2 Å². The summed E-state index contributed by atoms with van der Waals surface area (Å²) in [7, 11) is 0. The van der Waals surface area contributed by atoms with Gasteiger partial charge < -0.3 is 15.2 Å². The van der Waals surface area contributed by atoms with Gasteiger partial charge in [-0.05, 0) is 62.3 Å². The van der Waals surface area contributed by atoms with Crippen molar-refractivity contribution >= 4 is 22.7 Å². The normalized spacial score (nSPS) is 17.8. The minimum atomic E-state index is -0.0556. The molecule has 0 bridgehead atoms. The molecule has 5 heteroatoms. The van der Waals surface area contributed by atoms with Crippen LogP contribution in [0.2, 0.25) is 0 Å². The number of aromatic nitrogens is 1. The lowest BCUT2D eigenvalue weighted by atomic mass is 9.95. The average molecular weight is 353 g/mol. The number of benzene rings is 1. The van der Waals surface area contributed by atoms with E-state index in [0.29, 0.717) is 25.1 Å². The van der Waals surface area contributed by atoms with Crippen molar-refractivity contribution < 1.29 is 9.59 Å². The maximum Gasteiger partial charge on any atom is 0.251 e. The molecule has 2 aliphatic rings. The first-order valence-corrected chi connectivity index (χ1v) is 9.92. The van der Waals surface area contributed by atoms with Gasteiger partial charge in [-0.1, -0.05) is 6.42 Å². The fourth-order valence-corrected chi connectivity index (χ4v) is 4.23. The molecule has 0 saturated carbocycles. The van der Waals surface area contributed by atoms with Crippen molar-refractivity contribution in [2.24, 2.45) is 0 Å². The Labute approximate surface area is 154 Å². The van der Waals surface area contributed by atoms with E-state index in [1.54, 1.807) is 0 Å². The minimum Gasteiger partial charge on any atom is -0.358 e. The highest BCUT2D eigenvalue weighted by atomic mass is 16.2.